The van der Waals surface area contributed by atoms with Crippen LogP contribution in [0.2, 0.25) is 0 Å². The molecule has 0 bridgehead atoms. The summed E-state index contributed by atoms with van der Waals surface area (Å²) in [6.45, 7) is 6.07. The average molecular weight is 176 g/mol. The zero-order chi connectivity index (χ0) is 9.84. The van der Waals surface area contributed by atoms with E-state index in [0.29, 0.717) is 0 Å². The van der Waals surface area contributed by atoms with Crippen molar-refractivity contribution in [1.82, 2.24) is 4.98 Å². The van der Waals surface area contributed by atoms with Crippen LogP contribution in [0.4, 0.5) is 5.69 Å². The molecule has 0 amide bonds. The Kier molecular flexibility index (Phi) is 2.96. The molecular formula is C11H16N2. The largest absolute Gasteiger partial charge is 0.399 e. The van der Waals surface area contributed by atoms with E-state index < -0.39 is 0 Å². The first-order valence-corrected chi connectivity index (χ1v) is 4.60. The van der Waals surface area contributed by atoms with Crippen LogP contribution < -0.4 is 5.73 Å². The number of nitrogens with one attached hydrogen (secondary N) is 1. The van der Waals surface area contributed by atoms with Gasteiger partial charge in [-0.3, -0.25) is 0 Å². The van der Waals surface area contributed by atoms with Crippen LogP contribution in [0.5, 0.6) is 0 Å². The van der Waals surface area contributed by atoms with E-state index >= 15 is 0 Å². The molecule has 0 saturated heterocycles. The lowest BCUT2D eigenvalue weighted by atomic mass is 10.2. The molecule has 2 aromatic rings. The molecule has 13 heavy (non-hydrogen) atoms. The molecule has 0 saturated carbocycles. The minimum atomic E-state index is 0.820. The molecule has 1 aromatic heterocycles. The van der Waals surface area contributed by atoms with Gasteiger partial charge in [-0.1, -0.05) is 13.8 Å². The van der Waals surface area contributed by atoms with Crippen LogP contribution >= 0.6 is 0 Å². The number of anilines is 1. The van der Waals surface area contributed by atoms with Gasteiger partial charge >= 0.3 is 0 Å². The molecule has 0 radical (unpaired) electrons. The van der Waals surface area contributed by atoms with Gasteiger partial charge in [0.25, 0.3) is 0 Å². The van der Waals surface area contributed by atoms with Gasteiger partial charge in [-0.25, -0.2) is 0 Å². The van der Waals surface area contributed by atoms with E-state index in [1.807, 2.05) is 38.2 Å². The van der Waals surface area contributed by atoms with E-state index in [9.17, 15) is 0 Å². The zero-order valence-corrected chi connectivity index (χ0v) is 8.39. The number of H-pyrrole nitrogens is 1. The molecule has 1 aromatic carbocycles. The first-order chi connectivity index (χ1) is 6.27. The van der Waals surface area contributed by atoms with Crippen molar-refractivity contribution in [1.29, 1.82) is 0 Å². The minimum Gasteiger partial charge on any atom is -0.399 e. The highest BCUT2D eigenvalue weighted by atomic mass is 14.7. The summed E-state index contributed by atoms with van der Waals surface area (Å²) in [7, 11) is 0. The van der Waals surface area contributed by atoms with Crippen LogP contribution in [0.3, 0.4) is 0 Å². The van der Waals surface area contributed by atoms with E-state index in [-0.39, 0.29) is 0 Å². The molecule has 2 heteroatoms. The van der Waals surface area contributed by atoms with Gasteiger partial charge in [0.05, 0.1) is 0 Å². The minimum absolute atomic E-state index is 0.820. The number of fused-ring (bicyclic) bond motifs is 1. The predicted octanol–water partition coefficient (Wildman–Crippen LogP) is 3.08. The third-order valence-corrected chi connectivity index (χ3v) is 1.91. The van der Waals surface area contributed by atoms with Gasteiger partial charge in [0.1, 0.15) is 0 Å². The summed E-state index contributed by atoms with van der Waals surface area (Å²) in [5, 5.41) is 1.21. The van der Waals surface area contributed by atoms with E-state index in [1.54, 1.807) is 0 Å². The third kappa shape index (κ3) is 1.83. The van der Waals surface area contributed by atoms with Crippen LogP contribution in [-0.2, 0) is 0 Å². The highest BCUT2D eigenvalue weighted by Crippen LogP contribution is 2.19. The van der Waals surface area contributed by atoms with Crippen molar-refractivity contribution in [2.45, 2.75) is 20.8 Å². The first kappa shape index (κ1) is 9.65. The molecule has 0 fully saturated rings. The van der Waals surface area contributed by atoms with E-state index in [2.05, 4.69) is 11.9 Å². The smallest absolute Gasteiger partial charge is 0.0458 e. The van der Waals surface area contributed by atoms with Crippen LogP contribution in [-0.4, -0.2) is 4.98 Å². The Hall–Kier alpha value is -1.44. The van der Waals surface area contributed by atoms with Crippen molar-refractivity contribution < 1.29 is 0 Å². The summed E-state index contributed by atoms with van der Waals surface area (Å²) in [5.41, 5.74) is 8.85. The van der Waals surface area contributed by atoms with Crippen LogP contribution in [0, 0.1) is 6.92 Å². The van der Waals surface area contributed by atoms with Gasteiger partial charge in [0.15, 0.2) is 0 Å². The Morgan fingerprint density at radius 1 is 1.23 bits per heavy atom. The van der Waals surface area contributed by atoms with Gasteiger partial charge in [-0.05, 0) is 30.7 Å². The number of aryl methyl sites for hydroxylation is 1. The molecule has 3 N–H and O–H groups in total. The van der Waals surface area contributed by atoms with Crippen molar-refractivity contribution in [3.63, 3.8) is 0 Å². The fraction of sp³-hybridized carbons (Fsp3) is 0.273. The second-order valence-corrected chi connectivity index (χ2v) is 2.78. The molecule has 70 valence electrons. The summed E-state index contributed by atoms with van der Waals surface area (Å²) in [5.74, 6) is 0. The normalized spacial score (nSPS) is 9.46. The van der Waals surface area contributed by atoms with Crippen molar-refractivity contribution in [2.75, 3.05) is 5.73 Å². The maximum Gasteiger partial charge on any atom is 0.0458 e. The molecule has 0 aliphatic rings. The first-order valence-electron chi connectivity index (χ1n) is 4.60. The monoisotopic (exact) mass is 176 g/mol. The van der Waals surface area contributed by atoms with Crippen molar-refractivity contribution in [3.8, 4) is 0 Å². The average Bonchev–Trinajstić information content (AvgIpc) is 2.52. The number of nitrogens with two attached hydrogens (primary N) is 1. The topological polar surface area (TPSA) is 41.8 Å². The second kappa shape index (κ2) is 3.99. The summed E-state index contributed by atoms with van der Waals surface area (Å²) in [6.07, 6.45) is 1.99. The van der Waals surface area contributed by atoms with Crippen molar-refractivity contribution in [2.24, 2.45) is 0 Å². The Bertz CT molecular complexity index is 388. The Labute approximate surface area is 78.8 Å². The lowest BCUT2D eigenvalue weighted by molar-refractivity contribution is 1.43. The van der Waals surface area contributed by atoms with Gasteiger partial charge in [0.2, 0.25) is 0 Å². The van der Waals surface area contributed by atoms with Gasteiger partial charge in [-0.15, -0.1) is 0 Å². The molecule has 0 spiro atoms. The molecule has 1 heterocycles. The fourth-order valence-electron chi connectivity index (χ4n) is 1.28. The highest BCUT2D eigenvalue weighted by molar-refractivity contribution is 5.85. The third-order valence-electron chi connectivity index (χ3n) is 1.91. The number of aromatic amines is 1. The molecule has 2 rings (SSSR count). The van der Waals surface area contributed by atoms with Crippen LogP contribution in [0.1, 0.15) is 19.4 Å². The number of nitrogen functional groups attached to an aromatic ring is 1. The summed E-state index contributed by atoms with van der Waals surface area (Å²) >= 11 is 0. The van der Waals surface area contributed by atoms with Crippen molar-refractivity contribution >= 4 is 16.6 Å². The van der Waals surface area contributed by atoms with E-state index in [1.165, 1.54) is 10.9 Å². The van der Waals surface area contributed by atoms with Gasteiger partial charge < -0.3 is 10.7 Å². The zero-order valence-electron chi connectivity index (χ0n) is 8.39. The lowest BCUT2D eigenvalue weighted by Gasteiger charge is -1.93. The molecule has 0 unspecified atom stereocenters. The summed E-state index contributed by atoms with van der Waals surface area (Å²) < 4.78 is 0. The summed E-state index contributed by atoms with van der Waals surface area (Å²) in [6, 6.07) is 5.89. The standard InChI is InChI=1S/C9H10N2.C2H6/c1-6-5-11-9-3-2-7(10)4-8(6)9;1-2/h2-5,11H,10H2,1H3;1-2H3. The number of hydrogen-bond acceptors (Lipinski definition) is 1. The van der Waals surface area contributed by atoms with Gasteiger partial charge in [0, 0.05) is 22.8 Å². The SMILES string of the molecule is CC.Cc1c[nH]c2ccc(N)cc12. The Morgan fingerprint density at radius 2 is 1.92 bits per heavy atom. The second-order valence-electron chi connectivity index (χ2n) is 2.78. The maximum absolute atomic E-state index is 5.64. The molecular weight excluding hydrogens is 160 g/mol. The summed E-state index contributed by atoms with van der Waals surface area (Å²) in [4.78, 5) is 3.16. The maximum atomic E-state index is 5.64. The quantitative estimate of drug-likeness (QED) is 0.595. The molecule has 0 aliphatic heterocycles. The Morgan fingerprint density at radius 3 is 2.62 bits per heavy atom. The van der Waals surface area contributed by atoms with Crippen LogP contribution in [0.15, 0.2) is 24.4 Å². The number of benzene rings is 1. The number of aromatic nitrogens is 1. The van der Waals surface area contributed by atoms with Crippen molar-refractivity contribution in [3.05, 3.63) is 30.0 Å². The highest BCUT2D eigenvalue weighted by Gasteiger charge is 1.97. The fourth-order valence-corrected chi connectivity index (χ4v) is 1.28. The number of hydrogen-bond donors (Lipinski definition) is 2. The lowest BCUT2D eigenvalue weighted by Crippen LogP contribution is -1.82. The predicted molar refractivity (Wildman–Crippen MR) is 58.8 cm³/mol. The molecule has 0 aliphatic carbocycles. The molecule has 2 nitrogen and oxygen atoms in total. The van der Waals surface area contributed by atoms with Crippen LogP contribution in [0.25, 0.3) is 10.9 Å². The number of rotatable bonds is 0. The Balaban J connectivity index is 0.000000396. The van der Waals surface area contributed by atoms with E-state index in [4.69, 9.17) is 5.73 Å². The molecule has 0 atom stereocenters. The van der Waals surface area contributed by atoms with E-state index in [0.717, 1.165) is 11.2 Å². The van der Waals surface area contributed by atoms with Gasteiger partial charge in [-0.2, -0.15) is 0 Å².